The first-order chi connectivity index (χ1) is 10.3. The van der Waals surface area contributed by atoms with Crippen molar-refractivity contribution in [3.05, 3.63) is 77.4 Å². The molecule has 0 saturated heterocycles. The first-order valence-electron chi connectivity index (χ1n) is 6.75. The van der Waals surface area contributed by atoms with Gasteiger partial charge >= 0.3 is 0 Å². The average molecular weight is 282 g/mol. The van der Waals surface area contributed by atoms with E-state index in [1.807, 2.05) is 24.3 Å². The zero-order valence-electron chi connectivity index (χ0n) is 11.6. The molecule has 0 spiro atoms. The van der Waals surface area contributed by atoms with Gasteiger partial charge in [-0.25, -0.2) is 9.37 Å². The number of rotatable bonds is 4. The fourth-order valence-corrected chi connectivity index (χ4v) is 2.44. The van der Waals surface area contributed by atoms with Gasteiger partial charge in [-0.2, -0.15) is 10.2 Å². The van der Waals surface area contributed by atoms with Crippen LogP contribution in [0, 0.1) is 12.7 Å². The number of halogens is 1. The zero-order chi connectivity index (χ0) is 14.7. The summed E-state index contributed by atoms with van der Waals surface area (Å²) in [5.41, 5.74) is 2.96. The summed E-state index contributed by atoms with van der Waals surface area (Å²) in [6.07, 6.45) is 5.52. The summed E-state index contributed by atoms with van der Waals surface area (Å²) in [5, 5.41) is 7.98. The van der Waals surface area contributed by atoms with Crippen LogP contribution in [0.15, 0.2) is 49.1 Å². The van der Waals surface area contributed by atoms with Gasteiger partial charge in [-0.05, 0) is 30.2 Å². The molecule has 0 fully saturated rings. The van der Waals surface area contributed by atoms with Crippen LogP contribution in [0.25, 0.3) is 0 Å². The molecule has 5 heteroatoms. The van der Waals surface area contributed by atoms with Crippen molar-refractivity contribution in [2.45, 2.75) is 19.3 Å². The molecule has 1 atom stereocenters. The summed E-state index contributed by atoms with van der Waals surface area (Å²) < 4.78 is 14.5. The van der Waals surface area contributed by atoms with E-state index in [0.29, 0.717) is 17.5 Å². The highest BCUT2D eigenvalue weighted by molar-refractivity contribution is 5.34. The van der Waals surface area contributed by atoms with Crippen molar-refractivity contribution in [1.29, 1.82) is 0 Å². The van der Waals surface area contributed by atoms with Gasteiger partial charge in [-0.3, -0.25) is 0 Å². The third kappa shape index (κ3) is 2.81. The van der Waals surface area contributed by atoms with Gasteiger partial charge in [0.2, 0.25) is 0 Å². The molecule has 1 aromatic carbocycles. The number of imidazole rings is 1. The largest absolute Gasteiger partial charge is 0.348 e. The Bertz CT molecular complexity index is 710. The second kappa shape index (κ2) is 5.83. The molecular formula is C16H15FN4. The number of aryl methyl sites for hydroxylation is 1. The maximum absolute atomic E-state index is 14.5. The topological polar surface area (TPSA) is 54.5 Å². The van der Waals surface area contributed by atoms with Crippen molar-refractivity contribution in [3.8, 4) is 0 Å². The van der Waals surface area contributed by atoms with E-state index in [-0.39, 0.29) is 11.7 Å². The van der Waals surface area contributed by atoms with Gasteiger partial charge in [0, 0.05) is 30.4 Å². The first-order valence-corrected chi connectivity index (χ1v) is 6.75. The Morgan fingerprint density at radius 2 is 2.14 bits per heavy atom. The minimum Gasteiger partial charge on any atom is -0.348 e. The average Bonchev–Trinajstić information content (AvgIpc) is 3.03. The van der Waals surface area contributed by atoms with Crippen molar-refractivity contribution >= 4 is 0 Å². The molecule has 0 amide bonds. The number of H-pyrrole nitrogens is 1. The molecule has 3 aromatic rings. The van der Waals surface area contributed by atoms with Crippen LogP contribution in [0.1, 0.15) is 28.4 Å². The first kappa shape index (κ1) is 13.4. The van der Waals surface area contributed by atoms with E-state index in [9.17, 15) is 4.39 Å². The summed E-state index contributed by atoms with van der Waals surface area (Å²) >= 11 is 0. The van der Waals surface area contributed by atoms with Crippen molar-refractivity contribution in [2.24, 2.45) is 0 Å². The molecule has 0 bridgehead atoms. The lowest BCUT2D eigenvalue weighted by atomic mass is 9.90. The Kier molecular flexibility index (Phi) is 3.73. The molecule has 106 valence electrons. The number of hydrogen-bond acceptors (Lipinski definition) is 3. The lowest BCUT2D eigenvalue weighted by molar-refractivity contribution is 0.582. The number of benzene rings is 1. The van der Waals surface area contributed by atoms with Gasteiger partial charge in [-0.1, -0.05) is 18.2 Å². The SMILES string of the molecule is Cc1cccc([C@@H](Cc2cccnn2)c2cnc[nH]2)c1F. The molecule has 1 N–H and O–H groups in total. The highest BCUT2D eigenvalue weighted by Crippen LogP contribution is 2.29. The molecule has 0 saturated carbocycles. The smallest absolute Gasteiger partial charge is 0.129 e. The second-order valence-corrected chi connectivity index (χ2v) is 4.96. The Morgan fingerprint density at radius 3 is 2.86 bits per heavy atom. The van der Waals surface area contributed by atoms with E-state index in [4.69, 9.17) is 0 Å². The van der Waals surface area contributed by atoms with Gasteiger partial charge in [0.15, 0.2) is 0 Å². The maximum Gasteiger partial charge on any atom is 0.129 e. The van der Waals surface area contributed by atoms with Crippen LogP contribution in [0.4, 0.5) is 4.39 Å². The van der Waals surface area contributed by atoms with Crippen molar-refractivity contribution < 1.29 is 4.39 Å². The highest BCUT2D eigenvalue weighted by Gasteiger charge is 2.21. The fourth-order valence-electron chi connectivity index (χ4n) is 2.44. The zero-order valence-corrected chi connectivity index (χ0v) is 11.6. The van der Waals surface area contributed by atoms with Crippen LogP contribution in [0.3, 0.4) is 0 Å². The van der Waals surface area contributed by atoms with E-state index in [0.717, 1.165) is 11.4 Å². The van der Waals surface area contributed by atoms with E-state index in [2.05, 4.69) is 20.2 Å². The van der Waals surface area contributed by atoms with Gasteiger partial charge in [0.25, 0.3) is 0 Å². The van der Waals surface area contributed by atoms with E-state index >= 15 is 0 Å². The molecule has 21 heavy (non-hydrogen) atoms. The Hall–Kier alpha value is -2.56. The van der Waals surface area contributed by atoms with Crippen molar-refractivity contribution in [3.63, 3.8) is 0 Å². The van der Waals surface area contributed by atoms with E-state index < -0.39 is 0 Å². The Morgan fingerprint density at radius 1 is 1.24 bits per heavy atom. The monoisotopic (exact) mass is 282 g/mol. The van der Waals surface area contributed by atoms with Crippen LogP contribution in [0.5, 0.6) is 0 Å². The molecule has 2 aromatic heterocycles. The molecule has 2 heterocycles. The summed E-state index contributed by atoms with van der Waals surface area (Å²) in [6.45, 7) is 1.77. The minimum atomic E-state index is -0.180. The highest BCUT2D eigenvalue weighted by atomic mass is 19.1. The van der Waals surface area contributed by atoms with E-state index in [1.165, 1.54) is 0 Å². The number of hydrogen-bond donors (Lipinski definition) is 1. The summed E-state index contributed by atoms with van der Waals surface area (Å²) in [4.78, 5) is 7.12. The Labute approximate surface area is 122 Å². The number of aromatic amines is 1. The second-order valence-electron chi connectivity index (χ2n) is 4.96. The molecule has 0 aliphatic heterocycles. The standard InChI is InChI=1S/C16H15FN4/c1-11-4-2-6-13(16(11)17)14(15-9-18-10-19-15)8-12-5-3-7-20-21-12/h2-7,9-10,14H,8H2,1H3,(H,18,19)/t14-/m1/s1. The summed E-state index contributed by atoms with van der Waals surface area (Å²) in [6, 6.07) is 9.17. The van der Waals surface area contributed by atoms with Crippen LogP contribution >= 0.6 is 0 Å². The van der Waals surface area contributed by atoms with Crippen LogP contribution in [0.2, 0.25) is 0 Å². The van der Waals surface area contributed by atoms with Crippen molar-refractivity contribution in [2.75, 3.05) is 0 Å². The van der Waals surface area contributed by atoms with Crippen LogP contribution in [-0.4, -0.2) is 20.2 Å². The molecule has 3 rings (SSSR count). The molecule has 4 nitrogen and oxygen atoms in total. The number of nitrogens with one attached hydrogen (secondary N) is 1. The van der Waals surface area contributed by atoms with Crippen LogP contribution in [-0.2, 0) is 6.42 Å². The number of aromatic nitrogens is 4. The van der Waals surface area contributed by atoms with Gasteiger partial charge in [0.05, 0.1) is 12.0 Å². The van der Waals surface area contributed by atoms with Gasteiger partial charge in [-0.15, -0.1) is 0 Å². The predicted octanol–water partition coefficient (Wildman–Crippen LogP) is 3.02. The van der Waals surface area contributed by atoms with Gasteiger partial charge < -0.3 is 4.98 Å². The normalized spacial score (nSPS) is 12.3. The number of nitrogens with zero attached hydrogens (tertiary/aromatic N) is 3. The molecule has 0 aliphatic rings. The Balaban J connectivity index is 2.03. The summed E-state index contributed by atoms with van der Waals surface area (Å²) in [5.74, 6) is -0.343. The third-order valence-electron chi connectivity index (χ3n) is 3.53. The van der Waals surface area contributed by atoms with Crippen LogP contribution < -0.4 is 0 Å². The lowest BCUT2D eigenvalue weighted by Gasteiger charge is -2.17. The lowest BCUT2D eigenvalue weighted by Crippen LogP contribution is -2.10. The predicted molar refractivity (Wildman–Crippen MR) is 77.3 cm³/mol. The quantitative estimate of drug-likeness (QED) is 0.800. The van der Waals surface area contributed by atoms with E-state index in [1.54, 1.807) is 31.7 Å². The third-order valence-corrected chi connectivity index (χ3v) is 3.53. The van der Waals surface area contributed by atoms with Crippen molar-refractivity contribution in [1.82, 2.24) is 20.2 Å². The minimum absolute atomic E-state index is 0.163. The molecular weight excluding hydrogens is 267 g/mol. The molecule has 0 radical (unpaired) electrons. The van der Waals surface area contributed by atoms with Gasteiger partial charge in [0.1, 0.15) is 5.82 Å². The molecule has 0 unspecified atom stereocenters. The summed E-state index contributed by atoms with van der Waals surface area (Å²) in [7, 11) is 0. The fraction of sp³-hybridized carbons (Fsp3) is 0.188. The maximum atomic E-state index is 14.5. The molecule has 0 aliphatic carbocycles.